The smallest absolute Gasteiger partial charge is 0.250 e. The molecular weight excluding hydrogens is 334 g/mol. The molecule has 0 radical (unpaired) electrons. The van der Waals surface area contributed by atoms with E-state index in [0.29, 0.717) is 17.3 Å². The topological polar surface area (TPSA) is 85.1 Å². The van der Waals surface area contributed by atoms with Gasteiger partial charge in [0.1, 0.15) is 4.21 Å². The maximum atomic E-state index is 12.4. The van der Waals surface area contributed by atoms with Gasteiger partial charge >= 0.3 is 0 Å². The number of rotatable bonds is 5. The number of benzene rings is 1. The largest absolute Gasteiger partial charge is 0.421 e. The average molecular weight is 349 g/mol. The minimum atomic E-state index is -3.57. The third-order valence-corrected chi connectivity index (χ3v) is 6.04. The molecule has 0 saturated carbocycles. The highest BCUT2D eigenvalue weighted by atomic mass is 32.2. The van der Waals surface area contributed by atoms with Gasteiger partial charge in [0.2, 0.25) is 21.8 Å². The fourth-order valence-electron chi connectivity index (χ4n) is 1.94. The third kappa shape index (κ3) is 3.66. The van der Waals surface area contributed by atoms with E-state index in [2.05, 4.69) is 14.9 Å². The molecule has 0 bridgehead atoms. The van der Waals surface area contributed by atoms with Gasteiger partial charge in [0.15, 0.2) is 0 Å². The van der Waals surface area contributed by atoms with Crippen LogP contribution in [0, 0.1) is 13.8 Å². The fourth-order valence-corrected chi connectivity index (χ4v) is 4.15. The molecule has 0 spiro atoms. The van der Waals surface area contributed by atoms with Crippen LogP contribution >= 0.6 is 11.3 Å². The van der Waals surface area contributed by atoms with Gasteiger partial charge in [-0.25, -0.2) is 13.1 Å². The van der Waals surface area contributed by atoms with E-state index < -0.39 is 10.0 Å². The van der Waals surface area contributed by atoms with Crippen molar-refractivity contribution in [3.05, 3.63) is 52.7 Å². The molecule has 0 fully saturated rings. The molecule has 23 heavy (non-hydrogen) atoms. The maximum Gasteiger partial charge on any atom is 0.250 e. The Labute approximate surface area is 138 Å². The van der Waals surface area contributed by atoms with E-state index in [1.165, 1.54) is 6.07 Å². The standard InChI is InChI=1S/C15H15N3O3S2/c1-10-3-5-12(6-4-10)8-16-23(19,20)14-7-13(9-22-14)15-18-17-11(2)21-15/h3-7,9,16H,8H2,1-2H3. The van der Waals surface area contributed by atoms with Gasteiger partial charge < -0.3 is 4.42 Å². The average Bonchev–Trinajstić information content (AvgIpc) is 3.16. The molecule has 0 aliphatic rings. The molecule has 3 rings (SSSR count). The zero-order valence-corrected chi connectivity index (χ0v) is 14.2. The molecule has 0 atom stereocenters. The second-order valence-corrected chi connectivity index (χ2v) is 8.00. The van der Waals surface area contributed by atoms with Crippen LogP contribution in [-0.4, -0.2) is 18.6 Å². The van der Waals surface area contributed by atoms with Gasteiger partial charge in [-0.3, -0.25) is 0 Å². The molecule has 6 nitrogen and oxygen atoms in total. The van der Waals surface area contributed by atoms with E-state index in [-0.39, 0.29) is 10.8 Å². The van der Waals surface area contributed by atoms with Crippen LogP contribution in [0.5, 0.6) is 0 Å². The van der Waals surface area contributed by atoms with Gasteiger partial charge in [-0.2, -0.15) is 0 Å². The summed E-state index contributed by atoms with van der Waals surface area (Å²) < 4.78 is 32.8. The molecule has 120 valence electrons. The van der Waals surface area contributed by atoms with E-state index >= 15 is 0 Å². The first-order valence-electron chi connectivity index (χ1n) is 6.88. The minimum Gasteiger partial charge on any atom is -0.421 e. The molecule has 0 aliphatic carbocycles. The van der Waals surface area contributed by atoms with Crippen LogP contribution in [0.25, 0.3) is 11.5 Å². The first-order chi connectivity index (χ1) is 10.9. The number of thiophene rings is 1. The fraction of sp³-hybridized carbons (Fsp3) is 0.200. The summed E-state index contributed by atoms with van der Waals surface area (Å²) >= 11 is 1.12. The summed E-state index contributed by atoms with van der Waals surface area (Å²) in [6.07, 6.45) is 0. The van der Waals surface area contributed by atoms with Crippen molar-refractivity contribution < 1.29 is 12.8 Å². The summed E-state index contributed by atoms with van der Waals surface area (Å²) in [5, 5.41) is 9.32. The van der Waals surface area contributed by atoms with Crippen molar-refractivity contribution in [1.82, 2.24) is 14.9 Å². The van der Waals surface area contributed by atoms with Crippen molar-refractivity contribution in [1.29, 1.82) is 0 Å². The van der Waals surface area contributed by atoms with Gasteiger partial charge in [0.05, 0.1) is 5.56 Å². The van der Waals surface area contributed by atoms with Crippen molar-refractivity contribution >= 4 is 21.4 Å². The lowest BCUT2D eigenvalue weighted by molar-refractivity contribution is 0.533. The molecule has 8 heteroatoms. The van der Waals surface area contributed by atoms with Crippen molar-refractivity contribution in [2.45, 2.75) is 24.6 Å². The lowest BCUT2D eigenvalue weighted by Gasteiger charge is -2.05. The van der Waals surface area contributed by atoms with Crippen molar-refractivity contribution in [3.8, 4) is 11.5 Å². The maximum absolute atomic E-state index is 12.4. The highest BCUT2D eigenvalue weighted by Crippen LogP contribution is 2.27. The van der Waals surface area contributed by atoms with Gasteiger partial charge in [-0.1, -0.05) is 29.8 Å². The van der Waals surface area contributed by atoms with Crippen molar-refractivity contribution in [2.75, 3.05) is 0 Å². The molecule has 2 aromatic heterocycles. The Morgan fingerprint density at radius 3 is 2.57 bits per heavy atom. The van der Waals surface area contributed by atoms with Crippen LogP contribution < -0.4 is 4.72 Å². The van der Waals surface area contributed by atoms with E-state index in [4.69, 9.17) is 4.42 Å². The molecule has 1 N–H and O–H groups in total. The van der Waals surface area contributed by atoms with Crippen LogP contribution in [0.1, 0.15) is 17.0 Å². The number of sulfonamides is 1. The van der Waals surface area contributed by atoms with Gasteiger partial charge in [0, 0.05) is 18.8 Å². The van der Waals surface area contributed by atoms with Gasteiger partial charge in [-0.15, -0.1) is 21.5 Å². The van der Waals surface area contributed by atoms with Crippen LogP contribution in [-0.2, 0) is 16.6 Å². The van der Waals surface area contributed by atoms with Crippen molar-refractivity contribution in [3.63, 3.8) is 0 Å². The van der Waals surface area contributed by atoms with Crippen LogP contribution in [0.2, 0.25) is 0 Å². The molecular formula is C15H15N3O3S2. The zero-order valence-electron chi connectivity index (χ0n) is 12.6. The lowest BCUT2D eigenvalue weighted by atomic mass is 10.2. The second-order valence-electron chi connectivity index (χ2n) is 5.09. The third-order valence-electron chi connectivity index (χ3n) is 3.20. The van der Waals surface area contributed by atoms with E-state index in [1.54, 1.807) is 12.3 Å². The Kier molecular flexibility index (Phi) is 4.29. The normalized spacial score (nSPS) is 11.7. The van der Waals surface area contributed by atoms with Gasteiger partial charge in [0.25, 0.3) is 0 Å². The molecule has 1 aromatic carbocycles. The molecule has 3 aromatic rings. The summed E-state index contributed by atoms with van der Waals surface area (Å²) in [5.41, 5.74) is 2.64. The first-order valence-corrected chi connectivity index (χ1v) is 9.24. The Morgan fingerprint density at radius 1 is 1.17 bits per heavy atom. The van der Waals surface area contributed by atoms with Crippen LogP contribution in [0.4, 0.5) is 0 Å². The minimum absolute atomic E-state index is 0.218. The van der Waals surface area contributed by atoms with Crippen molar-refractivity contribution in [2.24, 2.45) is 0 Å². The molecule has 0 amide bonds. The second kappa shape index (κ2) is 6.23. The number of nitrogens with one attached hydrogen (secondary N) is 1. The van der Waals surface area contributed by atoms with Crippen LogP contribution in [0.3, 0.4) is 0 Å². The Balaban J connectivity index is 1.75. The highest BCUT2D eigenvalue weighted by molar-refractivity contribution is 7.91. The molecule has 0 saturated heterocycles. The Hall–Kier alpha value is -2.03. The van der Waals surface area contributed by atoms with Gasteiger partial charge in [-0.05, 0) is 18.6 Å². The monoisotopic (exact) mass is 349 g/mol. The summed E-state index contributed by atoms with van der Waals surface area (Å²) in [7, 11) is -3.57. The predicted molar refractivity (Wildman–Crippen MR) is 87.6 cm³/mol. The highest BCUT2D eigenvalue weighted by Gasteiger charge is 2.18. The summed E-state index contributed by atoms with van der Waals surface area (Å²) in [4.78, 5) is 0. The van der Waals surface area contributed by atoms with E-state index in [0.717, 1.165) is 22.5 Å². The summed E-state index contributed by atoms with van der Waals surface area (Å²) in [5.74, 6) is 0.756. The molecule has 2 heterocycles. The zero-order chi connectivity index (χ0) is 16.4. The Morgan fingerprint density at radius 2 is 1.91 bits per heavy atom. The van der Waals surface area contributed by atoms with E-state index in [1.807, 2.05) is 31.2 Å². The number of aromatic nitrogens is 2. The SMILES string of the molecule is Cc1ccc(CNS(=O)(=O)c2cc(-c3nnc(C)o3)cs2)cc1. The lowest BCUT2D eigenvalue weighted by Crippen LogP contribution is -2.22. The van der Waals surface area contributed by atoms with Crippen LogP contribution in [0.15, 0.2) is 44.3 Å². The summed E-state index contributed by atoms with van der Waals surface area (Å²) in [6, 6.07) is 9.24. The number of hydrogen-bond acceptors (Lipinski definition) is 6. The molecule has 0 unspecified atom stereocenters. The quantitative estimate of drug-likeness (QED) is 0.765. The number of hydrogen-bond donors (Lipinski definition) is 1. The summed E-state index contributed by atoms with van der Waals surface area (Å²) in [6.45, 7) is 3.92. The first kappa shape index (κ1) is 15.9. The van der Waals surface area contributed by atoms with E-state index in [9.17, 15) is 8.42 Å². The number of nitrogens with zero attached hydrogens (tertiary/aromatic N) is 2. The Bertz CT molecular complexity index is 912. The number of aryl methyl sites for hydroxylation is 2. The molecule has 0 aliphatic heterocycles. The predicted octanol–water partition coefficient (Wildman–Crippen LogP) is 2.89.